The van der Waals surface area contributed by atoms with Crippen molar-refractivity contribution in [3.63, 3.8) is 0 Å². The molecule has 3 aromatic rings. The number of rotatable bonds is 5. The summed E-state index contributed by atoms with van der Waals surface area (Å²) < 4.78 is 0. The van der Waals surface area contributed by atoms with Gasteiger partial charge in [0, 0.05) is 40.7 Å². The first-order chi connectivity index (χ1) is 13.0. The van der Waals surface area contributed by atoms with E-state index in [1.165, 1.54) is 6.08 Å². The number of nitrogens with one attached hydrogen (secondary N) is 2. The van der Waals surface area contributed by atoms with E-state index < -0.39 is 12.0 Å². The number of ketones is 2. The van der Waals surface area contributed by atoms with Crippen LogP contribution in [0.4, 0.5) is 0 Å². The molecular weight excluding hydrogens is 344 g/mol. The Bertz CT molecular complexity index is 1110. The van der Waals surface area contributed by atoms with Crippen molar-refractivity contribution in [3.8, 4) is 0 Å². The molecule has 6 heteroatoms. The first-order valence-electron chi connectivity index (χ1n) is 8.48. The number of fused-ring (bicyclic) bond motifs is 2. The van der Waals surface area contributed by atoms with Crippen LogP contribution < -0.4 is 5.32 Å². The number of benzene rings is 2. The fourth-order valence-corrected chi connectivity index (χ4v) is 3.33. The van der Waals surface area contributed by atoms with Gasteiger partial charge in [-0.25, -0.2) is 4.79 Å². The minimum atomic E-state index is -1.10. The molecule has 1 heterocycles. The van der Waals surface area contributed by atoms with Crippen molar-refractivity contribution in [2.75, 3.05) is 0 Å². The van der Waals surface area contributed by atoms with Gasteiger partial charge < -0.3 is 15.4 Å². The van der Waals surface area contributed by atoms with E-state index in [9.17, 15) is 19.5 Å². The smallest absolute Gasteiger partial charge is 0.326 e. The second-order valence-corrected chi connectivity index (χ2v) is 6.40. The molecule has 1 atom stereocenters. The number of Topliss-reactive ketones (excluding diaryl/α,β-unsaturated/α-hetero) is 1. The van der Waals surface area contributed by atoms with Crippen molar-refractivity contribution < 1.29 is 19.5 Å². The fourth-order valence-electron chi connectivity index (χ4n) is 3.33. The molecule has 1 aromatic heterocycles. The molecule has 0 fully saturated rings. The monoisotopic (exact) mass is 360 g/mol. The number of aromatic amines is 1. The number of hydrogen-bond donors (Lipinski definition) is 3. The molecule has 4 rings (SSSR count). The van der Waals surface area contributed by atoms with E-state index in [0.29, 0.717) is 5.56 Å². The summed E-state index contributed by atoms with van der Waals surface area (Å²) >= 11 is 0. The van der Waals surface area contributed by atoms with Crippen LogP contribution in [-0.4, -0.2) is 33.7 Å². The summed E-state index contributed by atoms with van der Waals surface area (Å²) in [5, 5.41) is 13.3. The summed E-state index contributed by atoms with van der Waals surface area (Å²) in [6, 6.07) is 13.1. The number of aromatic nitrogens is 1. The lowest BCUT2D eigenvalue weighted by molar-refractivity contribution is -0.139. The normalized spacial score (nSPS) is 14.6. The third kappa shape index (κ3) is 3.01. The number of aliphatic carboxylic acids is 1. The van der Waals surface area contributed by atoms with E-state index >= 15 is 0 Å². The van der Waals surface area contributed by atoms with Gasteiger partial charge in [-0.15, -0.1) is 0 Å². The van der Waals surface area contributed by atoms with Crippen LogP contribution in [0.1, 0.15) is 26.3 Å². The lowest BCUT2D eigenvalue weighted by atomic mass is 9.92. The number of carboxylic acids is 1. The number of H-pyrrole nitrogens is 1. The van der Waals surface area contributed by atoms with Gasteiger partial charge in [-0.1, -0.05) is 42.5 Å². The van der Waals surface area contributed by atoms with Crippen molar-refractivity contribution >= 4 is 28.4 Å². The highest BCUT2D eigenvalue weighted by Gasteiger charge is 2.29. The number of allylic oxidation sites excluding steroid dienone is 2. The average molecular weight is 360 g/mol. The Kier molecular flexibility index (Phi) is 4.08. The molecule has 6 nitrogen and oxygen atoms in total. The molecule has 0 aliphatic heterocycles. The van der Waals surface area contributed by atoms with E-state index in [1.807, 2.05) is 24.3 Å². The van der Waals surface area contributed by atoms with Gasteiger partial charge in [0.2, 0.25) is 5.78 Å². The van der Waals surface area contributed by atoms with Gasteiger partial charge in [-0.2, -0.15) is 0 Å². The van der Waals surface area contributed by atoms with E-state index in [2.05, 4.69) is 10.3 Å². The Morgan fingerprint density at radius 1 is 1.04 bits per heavy atom. The second kappa shape index (κ2) is 6.57. The van der Waals surface area contributed by atoms with Gasteiger partial charge in [0.15, 0.2) is 5.78 Å². The van der Waals surface area contributed by atoms with E-state index in [1.54, 1.807) is 30.5 Å². The Hall–Kier alpha value is -3.67. The average Bonchev–Trinajstić information content (AvgIpc) is 3.08. The minimum absolute atomic E-state index is 0.00550. The highest BCUT2D eigenvalue weighted by Crippen LogP contribution is 2.22. The maximum absolute atomic E-state index is 12.7. The van der Waals surface area contributed by atoms with E-state index in [4.69, 9.17) is 0 Å². The third-order valence-electron chi connectivity index (χ3n) is 4.68. The molecule has 3 N–H and O–H groups in total. The highest BCUT2D eigenvalue weighted by atomic mass is 16.4. The van der Waals surface area contributed by atoms with Crippen LogP contribution in [0, 0.1) is 0 Å². The molecule has 27 heavy (non-hydrogen) atoms. The summed E-state index contributed by atoms with van der Waals surface area (Å²) in [6.07, 6.45) is 3.11. The van der Waals surface area contributed by atoms with Gasteiger partial charge in [0.05, 0.1) is 5.70 Å². The van der Waals surface area contributed by atoms with Crippen molar-refractivity contribution in [2.45, 2.75) is 12.5 Å². The number of hydrogen-bond acceptors (Lipinski definition) is 4. The van der Waals surface area contributed by atoms with E-state index in [0.717, 1.165) is 16.5 Å². The fraction of sp³-hybridized carbons (Fsp3) is 0.0952. The maximum atomic E-state index is 12.7. The molecule has 1 aliphatic rings. The first kappa shape index (κ1) is 16.8. The predicted molar refractivity (Wildman–Crippen MR) is 99.7 cm³/mol. The highest BCUT2D eigenvalue weighted by molar-refractivity contribution is 6.24. The molecule has 0 saturated carbocycles. The van der Waals surface area contributed by atoms with Crippen LogP contribution >= 0.6 is 0 Å². The van der Waals surface area contributed by atoms with Gasteiger partial charge in [0.1, 0.15) is 6.04 Å². The minimum Gasteiger partial charge on any atom is -0.480 e. The van der Waals surface area contributed by atoms with Gasteiger partial charge in [-0.3, -0.25) is 9.59 Å². The topological polar surface area (TPSA) is 99.3 Å². The van der Waals surface area contributed by atoms with Crippen LogP contribution in [0.2, 0.25) is 0 Å². The summed E-state index contributed by atoms with van der Waals surface area (Å²) in [5.74, 6) is -1.79. The van der Waals surface area contributed by atoms with Gasteiger partial charge >= 0.3 is 5.97 Å². The standard InChI is InChI=1S/C21H16N2O4/c24-19-10-17(20(25)15-7-2-1-6-14(15)19)23-18(21(26)27)9-12-11-22-16-8-4-3-5-13(12)16/h1-8,10-11,18,22-23H,9H2,(H,26,27)/t18-/m0/s1. The van der Waals surface area contributed by atoms with Crippen LogP contribution in [0.5, 0.6) is 0 Å². The lowest BCUT2D eigenvalue weighted by Gasteiger charge is -2.20. The number of carbonyl (C=O) groups excluding carboxylic acids is 2. The van der Waals surface area contributed by atoms with Crippen LogP contribution in [0.3, 0.4) is 0 Å². The van der Waals surface area contributed by atoms with E-state index in [-0.39, 0.29) is 29.2 Å². The van der Waals surface area contributed by atoms with Crippen molar-refractivity contribution in [2.24, 2.45) is 0 Å². The molecule has 0 amide bonds. The molecule has 0 unspecified atom stereocenters. The Balaban J connectivity index is 1.62. The molecule has 1 aliphatic carbocycles. The van der Waals surface area contributed by atoms with Crippen LogP contribution in [-0.2, 0) is 11.2 Å². The quantitative estimate of drug-likeness (QED) is 0.650. The first-order valence-corrected chi connectivity index (χ1v) is 8.48. The maximum Gasteiger partial charge on any atom is 0.326 e. The summed E-state index contributed by atoms with van der Waals surface area (Å²) in [4.78, 5) is 39.8. The largest absolute Gasteiger partial charge is 0.480 e. The molecular formula is C21H16N2O4. The number of carboxylic acid groups (broad SMARTS) is 1. The molecule has 134 valence electrons. The SMILES string of the molecule is O=C1C=C(N[C@@H](Cc2c[nH]c3ccccc23)C(=O)O)C(=O)c2ccccc21. The molecule has 0 bridgehead atoms. The summed E-state index contributed by atoms with van der Waals surface area (Å²) in [5.41, 5.74) is 2.35. The number of carbonyl (C=O) groups is 3. The van der Waals surface area contributed by atoms with Gasteiger partial charge in [-0.05, 0) is 11.6 Å². The van der Waals surface area contributed by atoms with Crippen LogP contribution in [0.25, 0.3) is 10.9 Å². The predicted octanol–water partition coefficient (Wildman–Crippen LogP) is 2.72. The van der Waals surface area contributed by atoms with Crippen molar-refractivity contribution in [1.82, 2.24) is 10.3 Å². The number of para-hydroxylation sites is 1. The summed E-state index contributed by atoms with van der Waals surface area (Å²) in [7, 11) is 0. The summed E-state index contributed by atoms with van der Waals surface area (Å²) in [6.45, 7) is 0. The van der Waals surface area contributed by atoms with Crippen molar-refractivity contribution in [1.29, 1.82) is 0 Å². The lowest BCUT2D eigenvalue weighted by Crippen LogP contribution is -2.41. The Morgan fingerprint density at radius 2 is 1.74 bits per heavy atom. The molecule has 0 radical (unpaired) electrons. The van der Waals surface area contributed by atoms with Gasteiger partial charge in [0.25, 0.3) is 0 Å². The third-order valence-corrected chi connectivity index (χ3v) is 4.68. The zero-order chi connectivity index (χ0) is 19.0. The zero-order valence-electron chi connectivity index (χ0n) is 14.2. The van der Waals surface area contributed by atoms with Crippen molar-refractivity contribution in [3.05, 3.63) is 83.2 Å². The Morgan fingerprint density at radius 3 is 2.52 bits per heavy atom. The van der Waals surface area contributed by atoms with Crippen LogP contribution in [0.15, 0.2) is 66.5 Å². The molecule has 0 saturated heterocycles. The zero-order valence-corrected chi connectivity index (χ0v) is 14.2. The molecule has 0 spiro atoms. The molecule has 2 aromatic carbocycles. The Labute approximate surface area is 154 Å². The second-order valence-electron chi connectivity index (χ2n) is 6.40.